The van der Waals surface area contributed by atoms with Gasteiger partial charge in [-0.05, 0) is 151 Å². The Morgan fingerprint density at radius 1 is 0.542 bits per heavy atom. The summed E-state index contributed by atoms with van der Waals surface area (Å²) in [6.07, 6.45) is 6.92. The van der Waals surface area contributed by atoms with Gasteiger partial charge in [-0.15, -0.1) is 0 Å². The summed E-state index contributed by atoms with van der Waals surface area (Å²) in [6, 6.07) is 23.3. The molecule has 0 unspecified atom stereocenters. The third-order valence-electron chi connectivity index (χ3n) is 19.1. The molecule has 3 aliphatic rings. The van der Waals surface area contributed by atoms with Gasteiger partial charge in [0.2, 0.25) is 20.0 Å². The van der Waals surface area contributed by atoms with Crippen LogP contribution in [0.3, 0.4) is 0 Å². The van der Waals surface area contributed by atoms with Crippen LogP contribution in [0.25, 0.3) is 16.9 Å². The Bertz CT molecular complexity index is 5330. The number of benzene rings is 4. The Morgan fingerprint density at radius 2 is 1.11 bits per heavy atom. The average molecular weight is 1340 g/mol. The largest absolute Gasteiger partial charge is 0.398 e. The molecule has 0 saturated carbocycles. The summed E-state index contributed by atoms with van der Waals surface area (Å²) in [5, 5.41) is 9.75. The van der Waals surface area contributed by atoms with Crippen LogP contribution in [0.2, 0.25) is 0 Å². The van der Waals surface area contributed by atoms with Gasteiger partial charge in [0, 0.05) is 84.4 Å². The summed E-state index contributed by atoms with van der Waals surface area (Å²) >= 11 is 0. The molecule has 0 aliphatic carbocycles. The highest BCUT2D eigenvalue weighted by molar-refractivity contribution is 7.92. The Hall–Kier alpha value is -10.2. The van der Waals surface area contributed by atoms with Crippen LogP contribution in [0.4, 0.5) is 17.1 Å². The molecule has 25 nitrogen and oxygen atoms in total. The number of aromatic nitrogens is 9. The number of nitrogens with two attached hydrogens (primary N) is 1. The fraction of sp³-hybridized carbons (Fsp3) is 0.348. The van der Waals surface area contributed by atoms with Crippen LogP contribution in [0.5, 0.6) is 0 Å². The van der Waals surface area contributed by atoms with Gasteiger partial charge in [0.1, 0.15) is 0 Å². The first-order valence-corrected chi connectivity index (χ1v) is 35.8. The minimum absolute atomic E-state index is 0.0610. The summed E-state index contributed by atoms with van der Waals surface area (Å²) in [6.45, 7) is 13.2. The molecule has 0 radical (unpaired) electrons. The van der Waals surface area contributed by atoms with Crippen LogP contribution in [0.1, 0.15) is 178 Å². The van der Waals surface area contributed by atoms with Crippen LogP contribution in [0, 0.1) is 48.5 Å². The molecule has 3 amide bonds. The molecule has 9 heterocycles. The molecule has 7 N–H and O–H groups in total. The Kier molecular flexibility index (Phi) is 16.5. The van der Waals surface area contributed by atoms with Crippen molar-refractivity contribution in [3.05, 3.63) is 222 Å². The number of amides is 3. The van der Waals surface area contributed by atoms with Crippen molar-refractivity contribution >= 4 is 71.8 Å². The number of H-pyrrole nitrogens is 3. The van der Waals surface area contributed by atoms with E-state index in [0.29, 0.717) is 129 Å². The molecule has 96 heavy (non-hydrogen) atoms. The number of rotatable bonds is 14. The molecule has 3 atom stereocenters. The van der Waals surface area contributed by atoms with E-state index in [9.17, 15) is 36.0 Å². The quantitative estimate of drug-likeness (QED) is 0.0562. The zero-order valence-electron chi connectivity index (χ0n) is 54.8. The highest BCUT2D eigenvalue weighted by Gasteiger charge is 2.38. The molecule has 6 aromatic heterocycles. The van der Waals surface area contributed by atoms with Gasteiger partial charge in [0.05, 0.1) is 81.5 Å². The first-order valence-electron chi connectivity index (χ1n) is 32.0. The summed E-state index contributed by atoms with van der Waals surface area (Å²) < 4.78 is 60.8. The molecule has 13 rings (SSSR count). The summed E-state index contributed by atoms with van der Waals surface area (Å²) in [5.41, 5.74) is 17.3. The second-order valence-corrected chi connectivity index (χ2v) is 29.6. The minimum Gasteiger partial charge on any atom is -0.398 e. The van der Waals surface area contributed by atoms with Crippen LogP contribution in [-0.2, 0) is 45.9 Å². The number of carbonyl (C=O) groups excluding carboxylic acids is 3. The molecular formula is C69H75N15O10S2. The molecule has 4 aromatic carbocycles. The molecule has 0 bridgehead atoms. The zero-order valence-corrected chi connectivity index (χ0v) is 56.4. The normalized spacial score (nSPS) is 17.0. The van der Waals surface area contributed by atoms with Gasteiger partial charge in [0.25, 0.3) is 34.4 Å². The van der Waals surface area contributed by atoms with E-state index in [0.717, 1.165) is 59.6 Å². The number of fused-ring (bicyclic) bond motifs is 4. The van der Waals surface area contributed by atoms with Crippen LogP contribution in [0.15, 0.2) is 99.3 Å². The molecule has 498 valence electrons. The van der Waals surface area contributed by atoms with Crippen molar-refractivity contribution in [1.29, 1.82) is 0 Å². The number of nitrogens with one attached hydrogen (secondary N) is 5. The van der Waals surface area contributed by atoms with Gasteiger partial charge in [-0.3, -0.25) is 53.5 Å². The second-order valence-electron chi connectivity index (χ2n) is 26.1. The summed E-state index contributed by atoms with van der Waals surface area (Å²) in [7, 11) is -7.74. The summed E-state index contributed by atoms with van der Waals surface area (Å²) in [5.74, 6) is -1.06. The predicted octanol–water partition coefficient (Wildman–Crippen LogP) is 8.03. The smallest absolute Gasteiger partial charge is 0.276 e. The SMILES string of the molecule is Cc1ccc(NS(C)(=O)=O)c(C(=O)N2Cc3cc(Cc4c(C)nc5cc([C@@H]6CCCCN6C(=O)c6c(C)cc(Cc7nc8cc([C@@H]9CCCCN9C(=O)c9c(C)cccc9N)[nH]n8c(=O)c7C)cc6NS(C)(=O)=O)[nH]n5c4=O)ccc3C[C@H]2c2cc3nc(C)c(C)c(=O)n3[nH]2)c1. The number of aryl methyl sites for hydroxylation is 5. The van der Waals surface area contributed by atoms with E-state index in [2.05, 4.69) is 29.7 Å². The number of aromatic amines is 3. The third kappa shape index (κ3) is 12.1. The standard InChI is InChI=1S/C69H75N15O10S2/c1-36-19-22-50(77-95(8,91)92)48(25-36)66(87)81-35-46-27-43(20-21-45(46)31-58(81)54-34-59-71-41(6)39(4)64(85)82(59)76-54)28-47-42(7)72-60-32-52(75-84(60)67(47)88)57-18-11-13-24-80(57)69(90)63-38(3)26-44(30-55(63)78-96(9,93)94)29-51-40(5)65(86)83-61(73-51)33-53(74-83)56-17-10-12-23-79(56)68(89)62-37(2)15-14-16-49(62)70/h14-16,19-22,25-27,30,32-34,56-58,74-78H,10-13,17-18,23-24,28-29,31,35,70H2,1-9H3/t56-,57-,58-/m0/s1. The highest BCUT2D eigenvalue weighted by atomic mass is 32.2. The van der Waals surface area contributed by atoms with E-state index in [-0.39, 0.29) is 70.5 Å². The van der Waals surface area contributed by atoms with Crippen molar-refractivity contribution < 1.29 is 31.2 Å². The number of nitrogen functional groups attached to an aromatic ring is 1. The number of likely N-dealkylation sites (tertiary alicyclic amines) is 2. The van der Waals surface area contributed by atoms with Crippen molar-refractivity contribution in [3.63, 3.8) is 0 Å². The molecule has 2 saturated heterocycles. The Labute approximate surface area is 552 Å². The Balaban J connectivity index is 0.777. The van der Waals surface area contributed by atoms with Gasteiger partial charge >= 0.3 is 0 Å². The lowest BCUT2D eigenvalue weighted by Crippen LogP contribution is -2.39. The first-order chi connectivity index (χ1) is 45.6. The topological polar surface area (TPSA) is 330 Å². The number of sulfonamides is 2. The average Bonchev–Trinajstić information content (AvgIpc) is 1.49. The molecule has 0 spiro atoms. The Morgan fingerprint density at radius 3 is 1.74 bits per heavy atom. The van der Waals surface area contributed by atoms with Crippen molar-refractivity contribution in [2.45, 2.75) is 131 Å². The van der Waals surface area contributed by atoms with Crippen LogP contribution < -0.4 is 31.9 Å². The van der Waals surface area contributed by atoms with E-state index < -0.39 is 43.9 Å². The first kappa shape index (κ1) is 64.6. The molecule has 3 aliphatic heterocycles. The summed E-state index contributed by atoms with van der Waals surface area (Å²) in [4.78, 5) is 106. The maximum Gasteiger partial charge on any atom is 0.276 e. The number of anilines is 3. The lowest BCUT2D eigenvalue weighted by molar-refractivity contribution is 0.0599. The minimum atomic E-state index is -3.95. The van der Waals surface area contributed by atoms with Gasteiger partial charge in [-0.25, -0.2) is 45.3 Å². The lowest BCUT2D eigenvalue weighted by Gasteiger charge is -2.37. The zero-order chi connectivity index (χ0) is 68.1. The second kappa shape index (κ2) is 24.6. The van der Waals surface area contributed by atoms with Crippen LogP contribution >= 0.6 is 0 Å². The van der Waals surface area contributed by atoms with Crippen LogP contribution in [-0.4, -0.2) is 119 Å². The number of hydrogen-bond acceptors (Lipinski definition) is 14. The molecule has 27 heteroatoms. The third-order valence-corrected chi connectivity index (χ3v) is 20.3. The van der Waals surface area contributed by atoms with E-state index in [1.54, 1.807) is 104 Å². The van der Waals surface area contributed by atoms with Crippen molar-refractivity contribution in [3.8, 4) is 0 Å². The number of carbonyl (C=O) groups is 3. The predicted molar refractivity (Wildman–Crippen MR) is 365 cm³/mol. The number of hydrogen-bond donors (Lipinski definition) is 6. The van der Waals surface area contributed by atoms with Gasteiger partial charge in [-0.1, -0.05) is 48.0 Å². The maximum atomic E-state index is 15.2. The monoisotopic (exact) mass is 1340 g/mol. The van der Waals surface area contributed by atoms with Crippen molar-refractivity contribution in [1.82, 2.24) is 58.5 Å². The van der Waals surface area contributed by atoms with Gasteiger partial charge in [0.15, 0.2) is 16.9 Å². The van der Waals surface area contributed by atoms with E-state index in [4.69, 9.17) is 15.7 Å². The van der Waals surface area contributed by atoms with E-state index in [1.807, 2.05) is 44.2 Å². The number of nitrogens with zero attached hydrogens (tertiary/aromatic N) is 9. The molecule has 2 fully saturated rings. The molecule has 10 aromatic rings. The van der Waals surface area contributed by atoms with Gasteiger partial charge < -0.3 is 20.4 Å². The van der Waals surface area contributed by atoms with E-state index >= 15 is 9.59 Å². The molecular weight excluding hydrogens is 1260 g/mol. The number of piperidine rings is 2. The van der Waals surface area contributed by atoms with E-state index in [1.165, 1.54) is 13.5 Å². The highest BCUT2D eigenvalue weighted by Crippen LogP contribution is 2.39. The van der Waals surface area contributed by atoms with Gasteiger partial charge in [-0.2, -0.15) is 0 Å². The lowest BCUT2D eigenvalue weighted by atomic mass is 9.89. The fourth-order valence-electron chi connectivity index (χ4n) is 14.2. The fourth-order valence-corrected chi connectivity index (χ4v) is 15.3. The van der Waals surface area contributed by atoms with Crippen molar-refractivity contribution in [2.75, 3.05) is 40.8 Å². The maximum absolute atomic E-state index is 15.2. The van der Waals surface area contributed by atoms with Crippen molar-refractivity contribution in [2.24, 2.45) is 0 Å².